The lowest BCUT2D eigenvalue weighted by Crippen LogP contribution is -2.20. The van der Waals surface area contributed by atoms with Crippen molar-refractivity contribution in [3.8, 4) is 5.75 Å². The van der Waals surface area contributed by atoms with Crippen LogP contribution in [-0.4, -0.2) is 14.2 Å². The number of hydrogen-bond donors (Lipinski definition) is 1. The summed E-state index contributed by atoms with van der Waals surface area (Å²) in [6.07, 6.45) is 0.890. The minimum absolute atomic E-state index is 0.248. The standard InChI is InChI=1S/C16H16Br2INO/c1-20-16(13-9-11(17)3-6-15(13)19)8-10-7-12(21-2)4-5-14(10)18/h3-7,9,16,20H,8H2,1-2H3. The summed E-state index contributed by atoms with van der Waals surface area (Å²) >= 11 is 9.57. The molecule has 0 aliphatic carbocycles. The van der Waals surface area contributed by atoms with Crippen LogP contribution in [0.5, 0.6) is 5.75 Å². The van der Waals surface area contributed by atoms with Crippen molar-refractivity contribution in [3.63, 3.8) is 0 Å². The monoisotopic (exact) mass is 523 g/mol. The molecule has 0 aliphatic heterocycles. The number of methoxy groups -OCH3 is 1. The van der Waals surface area contributed by atoms with Gasteiger partial charge in [0.05, 0.1) is 7.11 Å². The maximum absolute atomic E-state index is 5.32. The van der Waals surface area contributed by atoms with E-state index in [0.29, 0.717) is 0 Å². The van der Waals surface area contributed by atoms with Crippen LogP contribution in [-0.2, 0) is 6.42 Å². The highest BCUT2D eigenvalue weighted by Crippen LogP contribution is 2.30. The Labute approximate surface area is 156 Å². The van der Waals surface area contributed by atoms with Crippen LogP contribution >= 0.6 is 54.5 Å². The number of likely N-dealkylation sites (N-methyl/N-ethyl adjacent to an activating group) is 1. The third-order valence-electron chi connectivity index (χ3n) is 3.36. The van der Waals surface area contributed by atoms with Gasteiger partial charge in [0, 0.05) is 18.6 Å². The summed E-state index contributed by atoms with van der Waals surface area (Å²) in [4.78, 5) is 0. The molecule has 2 aromatic rings. The first kappa shape index (κ1) is 17.2. The van der Waals surface area contributed by atoms with Gasteiger partial charge in [-0.25, -0.2) is 0 Å². The highest BCUT2D eigenvalue weighted by molar-refractivity contribution is 14.1. The van der Waals surface area contributed by atoms with Crippen molar-refractivity contribution in [1.82, 2.24) is 5.32 Å². The Morgan fingerprint density at radius 2 is 1.95 bits per heavy atom. The average molecular weight is 525 g/mol. The minimum Gasteiger partial charge on any atom is -0.497 e. The summed E-state index contributed by atoms with van der Waals surface area (Å²) in [6, 6.07) is 12.7. The maximum atomic E-state index is 5.32. The predicted molar refractivity (Wildman–Crippen MR) is 103 cm³/mol. The second-order valence-electron chi connectivity index (χ2n) is 4.67. The van der Waals surface area contributed by atoms with Crippen molar-refractivity contribution in [2.75, 3.05) is 14.2 Å². The first-order valence-corrected chi connectivity index (χ1v) is 9.16. The summed E-state index contributed by atoms with van der Waals surface area (Å²) in [5.74, 6) is 0.881. The fraction of sp³-hybridized carbons (Fsp3) is 0.250. The minimum atomic E-state index is 0.248. The topological polar surface area (TPSA) is 21.3 Å². The quantitative estimate of drug-likeness (QED) is 0.534. The van der Waals surface area contributed by atoms with E-state index < -0.39 is 0 Å². The molecule has 2 rings (SSSR count). The van der Waals surface area contributed by atoms with Gasteiger partial charge in [-0.15, -0.1) is 0 Å². The molecule has 0 spiro atoms. The number of benzene rings is 2. The zero-order valence-corrected chi connectivity index (χ0v) is 17.1. The highest BCUT2D eigenvalue weighted by Gasteiger charge is 2.15. The number of halogens is 3. The second kappa shape index (κ2) is 7.94. The van der Waals surface area contributed by atoms with Crippen molar-refractivity contribution < 1.29 is 4.74 Å². The van der Waals surface area contributed by atoms with E-state index >= 15 is 0 Å². The average Bonchev–Trinajstić information content (AvgIpc) is 2.49. The number of ether oxygens (including phenoxy) is 1. The van der Waals surface area contributed by atoms with Gasteiger partial charge >= 0.3 is 0 Å². The van der Waals surface area contributed by atoms with E-state index in [2.05, 4.69) is 84.0 Å². The van der Waals surface area contributed by atoms with Crippen molar-refractivity contribution in [1.29, 1.82) is 0 Å². The molecule has 0 radical (unpaired) electrons. The summed E-state index contributed by atoms with van der Waals surface area (Å²) in [6.45, 7) is 0. The van der Waals surface area contributed by atoms with E-state index in [-0.39, 0.29) is 6.04 Å². The van der Waals surface area contributed by atoms with Crippen LogP contribution in [0.15, 0.2) is 45.3 Å². The fourth-order valence-corrected chi connectivity index (χ4v) is 3.70. The molecule has 0 aliphatic rings. The lowest BCUT2D eigenvalue weighted by atomic mass is 9.99. The van der Waals surface area contributed by atoms with Crippen LogP contribution < -0.4 is 10.1 Å². The lowest BCUT2D eigenvalue weighted by Gasteiger charge is -2.20. The normalized spacial score (nSPS) is 12.2. The van der Waals surface area contributed by atoms with Gasteiger partial charge in [-0.3, -0.25) is 0 Å². The van der Waals surface area contributed by atoms with Gasteiger partial charge in [0.15, 0.2) is 0 Å². The molecule has 0 fully saturated rings. The van der Waals surface area contributed by atoms with Crippen molar-refractivity contribution in [2.45, 2.75) is 12.5 Å². The molecule has 21 heavy (non-hydrogen) atoms. The molecule has 0 saturated heterocycles. The SMILES string of the molecule is CNC(Cc1cc(OC)ccc1Br)c1cc(Br)ccc1I. The van der Waals surface area contributed by atoms with Gasteiger partial charge in [0.2, 0.25) is 0 Å². The Bertz CT molecular complexity index is 634. The first-order valence-electron chi connectivity index (χ1n) is 6.49. The van der Waals surface area contributed by atoms with E-state index in [9.17, 15) is 0 Å². The third-order valence-corrected chi connectivity index (χ3v) is 5.61. The summed E-state index contributed by atoms with van der Waals surface area (Å²) in [7, 11) is 3.69. The van der Waals surface area contributed by atoms with E-state index in [1.807, 2.05) is 19.2 Å². The molecule has 112 valence electrons. The Kier molecular flexibility index (Phi) is 6.52. The summed E-state index contributed by atoms with van der Waals surface area (Å²) in [5.41, 5.74) is 2.52. The Morgan fingerprint density at radius 1 is 1.19 bits per heavy atom. The zero-order chi connectivity index (χ0) is 15.4. The second-order valence-corrected chi connectivity index (χ2v) is 7.60. The van der Waals surface area contributed by atoms with Gasteiger partial charge < -0.3 is 10.1 Å². The molecule has 1 N–H and O–H groups in total. The summed E-state index contributed by atoms with van der Waals surface area (Å²) in [5, 5.41) is 3.41. The van der Waals surface area contributed by atoms with E-state index in [1.54, 1.807) is 7.11 Å². The Balaban J connectivity index is 2.33. The van der Waals surface area contributed by atoms with Gasteiger partial charge in [0.1, 0.15) is 5.75 Å². The number of rotatable bonds is 5. The van der Waals surface area contributed by atoms with Crippen LogP contribution in [0.3, 0.4) is 0 Å². The van der Waals surface area contributed by atoms with Gasteiger partial charge in [-0.2, -0.15) is 0 Å². The molecule has 1 atom stereocenters. The smallest absolute Gasteiger partial charge is 0.119 e. The van der Waals surface area contributed by atoms with Crippen LogP contribution in [0, 0.1) is 3.57 Å². The molecule has 1 unspecified atom stereocenters. The maximum Gasteiger partial charge on any atom is 0.119 e. The largest absolute Gasteiger partial charge is 0.497 e. The van der Waals surface area contributed by atoms with Crippen LogP contribution in [0.4, 0.5) is 0 Å². The molecule has 0 saturated carbocycles. The predicted octanol–water partition coefficient (Wildman–Crippen LogP) is 5.33. The van der Waals surface area contributed by atoms with E-state index in [1.165, 1.54) is 14.7 Å². The molecule has 0 heterocycles. The van der Waals surface area contributed by atoms with Gasteiger partial charge in [-0.1, -0.05) is 31.9 Å². The number of nitrogens with one attached hydrogen (secondary N) is 1. The van der Waals surface area contributed by atoms with E-state index in [0.717, 1.165) is 21.1 Å². The first-order chi connectivity index (χ1) is 10.0. The van der Waals surface area contributed by atoms with Crippen LogP contribution in [0.1, 0.15) is 17.2 Å². The fourth-order valence-electron chi connectivity index (χ4n) is 2.20. The van der Waals surface area contributed by atoms with Crippen molar-refractivity contribution >= 4 is 54.5 Å². The molecular formula is C16H16Br2INO. The molecule has 0 aromatic heterocycles. The van der Waals surface area contributed by atoms with Gasteiger partial charge in [0.25, 0.3) is 0 Å². The van der Waals surface area contributed by atoms with Crippen LogP contribution in [0.2, 0.25) is 0 Å². The van der Waals surface area contributed by atoms with Crippen LogP contribution in [0.25, 0.3) is 0 Å². The number of hydrogen-bond acceptors (Lipinski definition) is 2. The third kappa shape index (κ3) is 4.43. The Hall–Kier alpha value is -0.110. The molecule has 0 bridgehead atoms. The Morgan fingerprint density at radius 3 is 2.62 bits per heavy atom. The van der Waals surface area contributed by atoms with Crippen molar-refractivity contribution in [3.05, 3.63) is 60.0 Å². The van der Waals surface area contributed by atoms with E-state index in [4.69, 9.17) is 4.74 Å². The molecule has 0 amide bonds. The summed E-state index contributed by atoms with van der Waals surface area (Å²) < 4.78 is 8.79. The van der Waals surface area contributed by atoms with Gasteiger partial charge in [-0.05, 0) is 83.6 Å². The molecule has 5 heteroatoms. The van der Waals surface area contributed by atoms with Crippen molar-refractivity contribution in [2.24, 2.45) is 0 Å². The highest BCUT2D eigenvalue weighted by atomic mass is 127. The molecule has 2 aromatic carbocycles. The zero-order valence-electron chi connectivity index (χ0n) is 11.8. The lowest BCUT2D eigenvalue weighted by molar-refractivity contribution is 0.413. The molecular weight excluding hydrogens is 509 g/mol. The molecule has 2 nitrogen and oxygen atoms in total.